The van der Waals surface area contributed by atoms with Crippen molar-refractivity contribution in [2.45, 2.75) is 63.7 Å². The second-order valence-corrected chi connectivity index (χ2v) is 11.9. The average molecular weight is 693 g/mol. The Labute approximate surface area is 267 Å². The fourth-order valence-corrected chi connectivity index (χ4v) is 5.13. The van der Waals surface area contributed by atoms with E-state index >= 15 is 0 Å². The van der Waals surface area contributed by atoms with Crippen LogP contribution < -0.4 is 38.1 Å². The minimum atomic E-state index is -1.57. The molecule has 1 aliphatic heterocycles. The topological polar surface area (TPSA) is 263 Å². The van der Waals surface area contributed by atoms with Gasteiger partial charge in [-0.05, 0) is 36.5 Å². The lowest BCUT2D eigenvalue weighted by Gasteiger charge is -2.27. The Morgan fingerprint density at radius 2 is 1.67 bits per heavy atom. The number of aliphatic imine (C=N–C) groups is 1. The van der Waals surface area contributed by atoms with Gasteiger partial charge in [-0.3, -0.25) is 33.8 Å². The Balaban J connectivity index is 1.98. The number of H-pyrrole nitrogens is 1. The number of benzene rings is 1. The molecular weight excluding hydrogens is 654 g/mol. The molecule has 16 nitrogen and oxygen atoms in total. The molecule has 2 heterocycles. The molecule has 45 heavy (non-hydrogen) atoms. The van der Waals surface area contributed by atoms with Crippen molar-refractivity contribution < 1.29 is 33.9 Å². The molecule has 0 aliphatic carbocycles. The van der Waals surface area contributed by atoms with Gasteiger partial charge in [0.05, 0.1) is 13.0 Å². The number of amides is 5. The van der Waals surface area contributed by atoms with Crippen molar-refractivity contribution in [1.82, 2.24) is 31.6 Å². The number of aromatic amines is 1. The van der Waals surface area contributed by atoms with Crippen molar-refractivity contribution in [3.8, 4) is 0 Å². The molecular formula is C28H38BrN9O7. The highest BCUT2D eigenvalue weighted by Crippen LogP contribution is 2.23. The number of aromatic nitrogens is 1. The van der Waals surface area contributed by atoms with Crippen LogP contribution in [0.25, 0.3) is 10.9 Å². The van der Waals surface area contributed by atoms with Gasteiger partial charge in [-0.2, -0.15) is 0 Å². The maximum Gasteiger partial charge on any atom is 0.305 e. The maximum absolute atomic E-state index is 13.7. The molecule has 11 N–H and O–H groups in total. The summed E-state index contributed by atoms with van der Waals surface area (Å²) in [5, 5.41) is 22.8. The van der Waals surface area contributed by atoms with E-state index in [4.69, 9.17) is 11.5 Å². The van der Waals surface area contributed by atoms with E-state index < -0.39 is 78.6 Å². The van der Waals surface area contributed by atoms with E-state index in [0.29, 0.717) is 12.0 Å². The number of nitrogens with one attached hydrogen (secondary N) is 6. The molecule has 1 aromatic carbocycles. The zero-order valence-electron chi connectivity index (χ0n) is 24.8. The number of aliphatic carboxylic acids is 1. The summed E-state index contributed by atoms with van der Waals surface area (Å²) < 4.78 is 0.823. The summed E-state index contributed by atoms with van der Waals surface area (Å²) in [5.74, 6) is -5.85. The minimum absolute atomic E-state index is 0.0349. The van der Waals surface area contributed by atoms with Crippen molar-refractivity contribution in [2.24, 2.45) is 22.4 Å². The van der Waals surface area contributed by atoms with Gasteiger partial charge in [0, 0.05) is 34.5 Å². The minimum Gasteiger partial charge on any atom is -0.481 e. The van der Waals surface area contributed by atoms with Crippen LogP contribution in [0.1, 0.15) is 38.7 Å². The van der Waals surface area contributed by atoms with Crippen LogP contribution in [-0.2, 0) is 35.2 Å². The van der Waals surface area contributed by atoms with Gasteiger partial charge in [0.2, 0.25) is 29.5 Å². The third-order valence-electron chi connectivity index (χ3n) is 7.07. The van der Waals surface area contributed by atoms with E-state index in [1.807, 2.05) is 18.2 Å². The lowest BCUT2D eigenvalue weighted by molar-refractivity contribution is -0.141. The number of carbonyl (C=O) groups excluding carboxylic acids is 5. The Hall–Kier alpha value is -4.67. The first-order chi connectivity index (χ1) is 21.2. The number of guanidine groups is 1. The molecule has 1 aliphatic rings. The van der Waals surface area contributed by atoms with E-state index in [9.17, 15) is 33.9 Å². The molecule has 1 saturated heterocycles. The molecule has 2 aromatic rings. The van der Waals surface area contributed by atoms with E-state index in [-0.39, 0.29) is 25.3 Å². The van der Waals surface area contributed by atoms with Crippen molar-refractivity contribution in [3.63, 3.8) is 0 Å². The zero-order chi connectivity index (χ0) is 33.3. The number of nitrogens with two attached hydrogens (primary N) is 2. The SMILES string of the molecule is CC(C)[C@@H]1NC(=O)[C@@H](Cc2c[nH]c3cc(Br)ccc23)NC(=O)[C@H](CC(=O)O)NC(=O)CNC(=O)[C@H](CCCN=C(N)N)NC1=O. The zero-order valence-corrected chi connectivity index (χ0v) is 26.4. The van der Waals surface area contributed by atoms with Crippen LogP contribution >= 0.6 is 15.9 Å². The van der Waals surface area contributed by atoms with Crippen LogP contribution in [0.5, 0.6) is 0 Å². The largest absolute Gasteiger partial charge is 0.481 e. The average Bonchev–Trinajstić information content (AvgIpc) is 3.35. The molecule has 17 heteroatoms. The second kappa shape index (κ2) is 15.9. The highest BCUT2D eigenvalue weighted by molar-refractivity contribution is 9.10. The summed E-state index contributed by atoms with van der Waals surface area (Å²) in [6.07, 6.45) is 1.24. The van der Waals surface area contributed by atoms with E-state index in [0.717, 1.165) is 15.4 Å². The summed E-state index contributed by atoms with van der Waals surface area (Å²) in [6, 6.07) is 0.392. The van der Waals surface area contributed by atoms with Gasteiger partial charge < -0.3 is 48.1 Å². The molecule has 0 spiro atoms. The number of carboxylic acid groups (broad SMARTS) is 1. The van der Waals surface area contributed by atoms with Crippen LogP contribution in [-0.4, -0.2) is 88.8 Å². The lowest BCUT2D eigenvalue weighted by Crippen LogP contribution is -2.59. The number of carbonyl (C=O) groups is 6. The molecule has 0 radical (unpaired) electrons. The first kappa shape index (κ1) is 34.8. The highest BCUT2D eigenvalue weighted by atomic mass is 79.9. The van der Waals surface area contributed by atoms with Gasteiger partial charge in [0.1, 0.15) is 24.2 Å². The molecule has 0 saturated carbocycles. The molecule has 3 rings (SSSR count). The second-order valence-electron chi connectivity index (χ2n) is 10.9. The summed E-state index contributed by atoms with van der Waals surface area (Å²) >= 11 is 3.41. The summed E-state index contributed by atoms with van der Waals surface area (Å²) in [6.45, 7) is 2.96. The van der Waals surface area contributed by atoms with Crippen LogP contribution in [0.3, 0.4) is 0 Å². The first-order valence-electron chi connectivity index (χ1n) is 14.3. The van der Waals surface area contributed by atoms with Gasteiger partial charge in [0.15, 0.2) is 5.96 Å². The molecule has 1 aromatic heterocycles. The van der Waals surface area contributed by atoms with Crippen molar-refractivity contribution in [2.75, 3.05) is 13.1 Å². The van der Waals surface area contributed by atoms with Gasteiger partial charge in [-0.1, -0.05) is 35.8 Å². The lowest BCUT2D eigenvalue weighted by atomic mass is 9.99. The third kappa shape index (κ3) is 10.2. The quantitative estimate of drug-likeness (QED) is 0.0860. The van der Waals surface area contributed by atoms with E-state index in [1.54, 1.807) is 20.0 Å². The van der Waals surface area contributed by atoms with Gasteiger partial charge >= 0.3 is 5.97 Å². The molecule has 1 fully saturated rings. The molecule has 5 amide bonds. The van der Waals surface area contributed by atoms with E-state index in [2.05, 4.69) is 52.5 Å². The Kier molecular flexibility index (Phi) is 12.3. The summed E-state index contributed by atoms with van der Waals surface area (Å²) in [5.41, 5.74) is 12.1. The highest BCUT2D eigenvalue weighted by Gasteiger charge is 2.34. The monoisotopic (exact) mass is 691 g/mol. The number of hydrogen-bond donors (Lipinski definition) is 9. The maximum atomic E-state index is 13.7. The number of hydrogen-bond acceptors (Lipinski definition) is 7. The van der Waals surface area contributed by atoms with Gasteiger partial charge in [-0.15, -0.1) is 0 Å². The first-order valence-corrected chi connectivity index (χ1v) is 15.0. The van der Waals surface area contributed by atoms with Gasteiger partial charge in [-0.25, -0.2) is 0 Å². The number of halogens is 1. The summed E-state index contributed by atoms with van der Waals surface area (Å²) in [7, 11) is 0. The van der Waals surface area contributed by atoms with Crippen molar-refractivity contribution in [3.05, 3.63) is 34.4 Å². The number of fused-ring (bicyclic) bond motifs is 1. The fourth-order valence-electron chi connectivity index (χ4n) is 4.77. The predicted octanol–water partition coefficient (Wildman–Crippen LogP) is -1.27. The molecule has 244 valence electrons. The van der Waals surface area contributed by atoms with Gasteiger partial charge in [0.25, 0.3) is 0 Å². The normalized spacial score (nSPS) is 21.9. The third-order valence-corrected chi connectivity index (χ3v) is 7.56. The standard InChI is InChI=1S/C28H38BrN9O7/c1-13(2)23-27(45)36-17(4-3-7-32-28(30)31)24(42)34-12-21(39)35-20(10-22(40)41)25(43)37-19(26(44)38-23)8-14-11-33-18-9-15(29)5-6-16(14)18/h5-6,9,11,13,17,19-20,23,33H,3-4,7-8,10,12H2,1-2H3,(H,34,42)(H,35,39)(H,36,45)(H,37,43)(H,38,44)(H,40,41)(H4,30,31,32)/t17-,19+,20-,23-/m0/s1. The smallest absolute Gasteiger partial charge is 0.305 e. The number of carboxylic acids is 1. The van der Waals surface area contributed by atoms with Crippen LogP contribution in [0, 0.1) is 5.92 Å². The van der Waals surface area contributed by atoms with Crippen LogP contribution in [0.2, 0.25) is 0 Å². The Morgan fingerprint density at radius 1 is 0.978 bits per heavy atom. The molecule has 0 bridgehead atoms. The van der Waals surface area contributed by atoms with Crippen molar-refractivity contribution >= 4 is 68.3 Å². The van der Waals surface area contributed by atoms with Crippen molar-refractivity contribution in [1.29, 1.82) is 0 Å². The number of rotatable bonds is 9. The predicted molar refractivity (Wildman–Crippen MR) is 167 cm³/mol. The Morgan fingerprint density at radius 3 is 2.33 bits per heavy atom. The van der Waals surface area contributed by atoms with Crippen LogP contribution in [0.4, 0.5) is 0 Å². The molecule has 0 unspecified atom stereocenters. The van der Waals surface area contributed by atoms with E-state index in [1.165, 1.54) is 0 Å². The fraction of sp³-hybridized carbons (Fsp3) is 0.464. The summed E-state index contributed by atoms with van der Waals surface area (Å²) in [4.78, 5) is 84.8. The van der Waals surface area contributed by atoms with Crippen LogP contribution in [0.15, 0.2) is 33.9 Å². The molecule has 4 atom stereocenters. The number of nitrogens with zero attached hydrogens (tertiary/aromatic N) is 1. The Bertz CT molecular complexity index is 1470.